The molecule has 44 heavy (non-hydrogen) atoms. The normalized spacial score (nSPS) is 32.9. The summed E-state index contributed by atoms with van der Waals surface area (Å²) in [6.07, 6.45) is 6.53. The third-order valence-corrected chi connectivity index (χ3v) is 10.4. The maximum absolute atomic E-state index is 14.2. The Morgan fingerprint density at radius 1 is 1.11 bits per heavy atom. The topological polar surface area (TPSA) is 107 Å². The number of nitrogens with one attached hydrogen (secondary N) is 1. The molecule has 1 aliphatic carbocycles. The van der Waals surface area contributed by atoms with Gasteiger partial charge in [-0.1, -0.05) is 48.5 Å². The van der Waals surface area contributed by atoms with Gasteiger partial charge in [0.2, 0.25) is 17.5 Å². The van der Waals surface area contributed by atoms with E-state index in [0.29, 0.717) is 25.9 Å². The fourth-order valence-electron chi connectivity index (χ4n) is 8.40. The van der Waals surface area contributed by atoms with Crippen LogP contribution in [-0.4, -0.2) is 92.0 Å². The summed E-state index contributed by atoms with van der Waals surface area (Å²) < 4.78 is 8.40. The van der Waals surface area contributed by atoms with Crippen LogP contribution in [0.4, 0.5) is 0 Å². The van der Waals surface area contributed by atoms with Gasteiger partial charge in [-0.3, -0.25) is 28.9 Å². The average molecular weight is 596 g/mol. The maximum atomic E-state index is 14.2. The van der Waals surface area contributed by atoms with Crippen LogP contribution in [-0.2, 0) is 39.0 Å². The zero-order valence-electron chi connectivity index (χ0n) is 25.2. The van der Waals surface area contributed by atoms with Gasteiger partial charge in [0.25, 0.3) is 11.8 Å². The number of carbonyl (C=O) groups is 3. The van der Waals surface area contributed by atoms with E-state index in [1.807, 2.05) is 43.5 Å². The Labute approximate surface area is 255 Å². The molecular weight excluding hydrogens is 558 g/mol. The zero-order chi connectivity index (χ0) is 30.5. The average Bonchev–Trinajstić information content (AvgIpc) is 3.68. The predicted octanol–water partition coefficient (Wildman–Crippen LogP) is 2.00. The lowest BCUT2D eigenvalue weighted by atomic mass is 9.79. The van der Waals surface area contributed by atoms with Gasteiger partial charge >= 0.3 is 0 Å². The lowest BCUT2D eigenvalue weighted by Gasteiger charge is -2.48. The fraction of sp³-hybridized carbons (Fsp3) is 0.441. The third-order valence-electron chi connectivity index (χ3n) is 10.4. The molecule has 2 N–H and O–H groups in total. The summed E-state index contributed by atoms with van der Waals surface area (Å²) in [5.41, 5.74) is 3.73. The second kappa shape index (κ2) is 9.50. The van der Waals surface area contributed by atoms with Crippen LogP contribution >= 0.6 is 0 Å². The van der Waals surface area contributed by atoms with Crippen molar-refractivity contribution in [1.82, 2.24) is 24.6 Å². The van der Waals surface area contributed by atoms with Crippen LogP contribution in [0.15, 0.2) is 60.8 Å². The number of fused-ring (bicyclic) bond motifs is 5. The van der Waals surface area contributed by atoms with Crippen LogP contribution in [0.3, 0.4) is 0 Å². The van der Waals surface area contributed by atoms with Gasteiger partial charge in [0.15, 0.2) is 0 Å². The number of nitrogens with zero attached hydrogens (tertiary/aromatic N) is 4. The molecule has 4 aliphatic heterocycles. The molecule has 1 aromatic heterocycles. The van der Waals surface area contributed by atoms with Gasteiger partial charge in [0, 0.05) is 49.7 Å². The highest BCUT2D eigenvalue weighted by Crippen LogP contribution is 2.46. The lowest BCUT2D eigenvalue weighted by Crippen LogP contribution is -2.71. The second-order valence-corrected chi connectivity index (χ2v) is 13.2. The molecule has 5 aliphatic rings. The number of amides is 3. The number of likely N-dealkylation sites (N-methyl/N-ethyl adjacent to an activating group) is 1. The summed E-state index contributed by atoms with van der Waals surface area (Å²) in [6.45, 7) is 2.46. The van der Waals surface area contributed by atoms with Gasteiger partial charge in [-0.2, -0.15) is 0 Å². The van der Waals surface area contributed by atoms with Crippen molar-refractivity contribution in [3.63, 3.8) is 0 Å². The van der Waals surface area contributed by atoms with E-state index in [4.69, 9.17) is 4.74 Å². The van der Waals surface area contributed by atoms with E-state index in [2.05, 4.69) is 46.2 Å². The lowest BCUT2D eigenvalue weighted by molar-refractivity contribution is -0.315. The third kappa shape index (κ3) is 3.80. The molecule has 0 unspecified atom stereocenters. The van der Waals surface area contributed by atoms with Crippen molar-refractivity contribution in [3.8, 4) is 0 Å². The van der Waals surface area contributed by atoms with E-state index in [9.17, 15) is 19.5 Å². The van der Waals surface area contributed by atoms with Crippen molar-refractivity contribution in [2.45, 2.75) is 62.4 Å². The number of piperazine rings is 1. The van der Waals surface area contributed by atoms with Crippen molar-refractivity contribution in [2.24, 2.45) is 13.0 Å². The molecule has 3 amide bonds. The minimum absolute atomic E-state index is 0.146. The van der Waals surface area contributed by atoms with Crippen molar-refractivity contribution >= 4 is 34.2 Å². The molecule has 0 saturated carbocycles. The monoisotopic (exact) mass is 595 g/mol. The summed E-state index contributed by atoms with van der Waals surface area (Å²) in [5.74, 6) is -3.76. The number of hydrogen-bond donors (Lipinski definition) is 2. The Hall–Kier alpha value is -3.99. The van der Waals surface area contributed by atoms with Crippen molar-refractivity contribution in [1.29, 1.82) is 0 Å². The van der Waals surface area contributed by atoms with Crippen LogP contribution < -0.4 is 5.32 Å². The number of rotatable bonds is 4. The van der Waals surface area contributed by atoms with E-state index < -0.39 is 35.5 Å². The zero-order valence-corrected chi connectivity index (χ0v) is 25.2. The van der Waals surface area contributed by atoms with Gasteiger partial charge in [0.1, 0.15) is 12.1 Å². The SMILES string of the molecule is CN1C[C@H](C(=O)N[C@]2(C)O[C@@]3(O)[C@@H]4CCCN4C(=O)[C@H](Cc4ccccc4)N3C2=O)C=C2c3cccc4c3c(cn4C)C[C@H]21. The summed E-state index contributed by atoms with van der Waals surface area (Å²) in [7, 11) is 4.09. The molecule has 6 atom stereocenters. The molecule has 10 nitrogen and oxygen atoms in total. The predicted molar refractivity (Wildman–Crippen MR) is 163 cm³/mol. The Morgan fingerprint density at radius 2 is 1.91 bits per heavy atom. The molecule has 5 heterocycles. The number of benzene rings is 2. The molecule has 8 rings (SSSR count). The fourth-order valence-corrected chi connectivity index (χ4v) is 8.40. The number of aryl methyl sites for hydroxylation is 1. The highest BCUT2D eigenvalue weighted by atomic mass is 16.7. The molecule has 3 saturated heterocycles. The minimum Gasteiger partial charge on any atom is -0.350 e. The molecule has 0 spiro atoms. The Morgan fingerprint density at radius 3 is 2.70 bits per heavy atom. The Bertz CT molecular complexity index is 1750. The number of carbonyl (C=O) groups excluding carboxylic acids is 3. The van der Waals surface area contributed by atoms with Gasteiger partial charge in [-0.05, 0) is 61.6 Å². The summed E-state index contributed by atoms with van der Waals surface area (Å²) in [4.78, 5) is 47.0. The first-order chi connectivity index (χ1) is 21.1. The molecule has 0 bridgehead atoms. The van der Waals surface area contributed by atoms with Crippen molar-refractivity contribution in [3.05, 3.63) is 77.5 Å². The van der Waals surface area contributed by atoms with Crippen LogP contribution in [0.5, 0.6) is 0 Å². The minimum atomic E-state index is -2.04. The standard InChI is InChI=1S/C34H37N5O5/c1-33(32(42)39-27(15-20-9-5-4-6-10-20)31(41)38-14-8-13-28(38)34(39,43)44-33)35-30(40)22-16-24-23-11-7-12-25-29(23)21(18-36(25)2)17-26(24)37(3)19-22/h4-7,9-12,16,18,22,26-28,43H,8,13-15,17,19H2,1-3H3,(H,35,40)/t22-,26-,27+,28+,33-,34+/m1/s1. The van der Waals surface area contributed by atoms with E-state index in [-0.39, 0.29) is 24.3 Å². The van der Waals surface area contributed by atoms with E-state index in [1.165, 1.54) is 22.8 Å². The van der Waals surface area contributed by atoms with Crippen LogP contribution in [0.2, 0.25) is 0 Å². The quantitative estimate of drug-likeness (QED) is 0.478. The Balaban J connectivity index is 1.11. The van der Waals surface area contributed by atoms with Gasteiger partial charge in [-0.25, -0.2) is 0 Å². The van der Waals surface area contributed by atoms with Crippen LogP contribution in [0.25, 0.3) is 16.5 Å². The first kappa shape index (κ1) is 27.6. The number of ether oxygens (including phenoxy) is 1. The maximum Gasteiger partial charge on any atom is 0.280 e. The number of aliphatic hydroxyl groups is 1. The van der Waals surface area contributed by atoms with Crippen molar-refractivity contribution < 1.29 is 24.2 Å². The highest BCUT2D eigenvalue weighted by Gasteiger charge is 2.70. The molecule has 0 radical (unpaired) electrons. The van der Waals surface area contributed by atoms with Crippen molar-refractivity contribution in [2.75, 3.05) is 20.1 Å². The Kier molecular flexibility index (Phi) is 5.95. The van der Waals surface area contributed by atoms with Crippen LogP contribution in [0.1, 0.15) is 36.5 Å². The molecule has 2 aromatic carbocycles. The highest BCUT2D eigenvalue weighted by molar-refractivity contribution is 6.01. The summed E-state index contributed by atoms with van der Waals surface area (Å²) >= 11 is 0. The van der Waals surface area contributed by atoms with E-state index >= 15 is 0 Å². The molecule has 3 aromatic rings. The van der Waals surface area contributed by atoms with Gasteiger partial charge in [-0.15, -0.1) is 0 Å². The summed E-state index contributed by atoms with van der Waals surface area (Å²) in [6, 6.07) is 14.2. The van der Waals surface area contributed by atoms with E-state index in [1.54, 1.807) is 4.90 Å². The molecular formula is C34H37N5O5. The molecule has 228 valence electrons. The first-order valence-corrected chi connectivity index (χ1v) is 15.5. The second-order valence-electron chi connectivity index (χ2n) is 13.2. The summed E-state index contributed by atoms with van der Waals surface area (Å²) in [5, 5.41) is 16.2. The van der Waals surface area contributed by atoms with Gasteiger partial charge < -0.3 is 19.9 Å². The largest absolute Gasteiger partial charge is 0.350 e. The molecule has 3 fully saturated rings. The van der Waals surface area contributed by atoms with Crippen LogP contribution in [0, 0.1) is 5.92 Å². The number of hydrogen-bond acceptors (Lipinski definition) is 6. The van der Waals surface area contributed by atoms with E-state index in [0.717, 1.165) is 28.6 Å². The first-order valence-electron chi connectivity index (χ1n) is 15.5. The number of aromatic nitrogens is 1. The van der Waals surface area contributed by atoms with Gasteiger partial charge in [0.05, 0.1) is 5.92 Å². The smallest absolute Gasteiger partial charge is 0.280 e. The molecule has 10 heteroatoms.